The van der Waals surface area contributed by atoms with Gasteiger partial charge < -0.3 is 15.5 Å². The second kappa shape index (κ2) is 9.16. The summed E-state index contributed by atoms with van der Waals surface area (Å²) in [7, 11) is 0. The van der Waals surface area contributed by atoms with E-state index in [1.54, 1.807) is 36.4 Å². The summed E-state index contributed by atoms with van der Waals surface area (Å²) in [6.45, 7) is 1.92. The van der Waals surface area contributed by atoms with E-state index in [1.165, 1.54) is 25.0 Å². The fourth-order valence-corrected chi connectivity index (χ4v) is 3.11. The van der Waals surface area contributed by atoms with Gasteiger partial charge in [-0.05, 0) is 54.8 Å². The average molecular weight is 369 g/mol. The summed E-state index contributed by atoms with van der Waals surface area (Å²) in [5, 5.41) is 5.45. The number of benzene rings is 2. The number of amides is 3. The maximum Gasteiger partial charge on any atom is 0.319 e. The number of anilines is 1. The van der Waals surface area contributed by atoms with Crippen LogP contribution in [0, 0.1) is 5.82 Å². The summed E-state index contributed by atoms with van der Waals surface area (Å²) in [6, 6.07) is 12.5. The number of halogens is 1. The van der Waals surface area contributed by atoms with E-state index >= 15 is 0 Å². The van der Waals surface area contributed by atoms with E-state index in [2.05, 4.69) is 10.6 Å². The van der Waals surface area contributed by atoms with Gasteiger partial charge in [-0.2, -0.15) is 0 Å². The highest BCUT2D eigenvalue weighted by molar-refractivity contribution is 5.95. The first-order chi connectivity index (χ1) is 13.1. The van der Waals surface area contributed by atoms with Gasteiger partial charge in [0, 0.05) is 30.9 Å². The summed E-state index contributed by atoms with van der Waals surface area (Å²) in [6.07, 6.45) is 4.47. The van der Waals surface area contributed by atoms with Gasteiger partial charge in [-0.1, -0.05) is 25.0 Å². The highest BCUT2D eigenvalue weighted by Crippen LogP contribution is 2.15. The number of nitrogens with zero attached hydrogens (tertiary/aromatic N) is 1. The molecule has 0 atom stereocenters. The van der Waals surface area contributed by atoms with Gasteiger partial charge in [0.25, 0.3) is 5.91 Å². The molecule has 0 aromatic heterocycles. The van der Waals surface area contributed by atoms with Crippen LogP contribution in [0.3, 0.4) is 0 Å². The smallest absolute Gasteiger partial charge is 0.319 e. The first-order valence-corrected chi connectivity index (χ1v) is 9.30. The minimum Gasteiger partial charge on any atom is -0.339 e. The summed E-state index contributed by atoms with van der Waals surface area (Å²) >= 11 is 0. The maximum atomic E-state index is 12.9. The molecule has 2 aromatic carbocycles. The van der Waals surface area contributed by atoms with Crippen LogP contribution in [-0.4, -0.2) is 29.9 Å². The van der Waals surface area contributed by atoms with Gasteiger partial charge >= 0.3 is 6.03 Å². The van der Waals surface area contributed by atoms with Gasteiger partial charge in [0.15, 0.2) is 0 Å². The number of hydrogen-bond donors (Lipinski definition) is 2. The molecule has 6 heteroatoms. The van der Waals surface area contributed by atoms with Crippen molar-refractivity contribution in [2.24, 2.45) is 0 Å². The van der Waals surface area contributed by atoms with Gasteiger partial charge in [-0.25, -0.2) is 9.18 Å². The van der Waals surface area contributed by atoms with E-state index in [0.29, 0.717) is 17.8 Å². The molecule has 0 unspecified atom stereocenters. The van der Waals surface area contributed by atoms with Gasteiger partial charge in [0.1, 0.15) is 5.82 Å². The van der Waals surface area contributed by atoms with Crippen LogP contribution in [0.15, 0.2) is 48.5 Å². The Kier molecular flexibility index (Phi) is 6.41. The van der Waals surface area contributed by atoms with Crippen molar-refractivity contribution in [1.29, 1.82) is 0 Å². The van der Waals surface area contributed by atoms with Gasteiger partial charge in [0.05, 0.1) is 0 Å². The largest absolute Gasteiger partial charge is 0.339 e. The molecule has 1 heterocycles. The van der Waals surface area contributed by atoms with Crippen LogP contribution in [-0.2, 0) is 6.54 Å². The second-order valence-corrected chi connectivity index (χ2v) is 6.72. The number of rotatable bonds is 4. The number of urea groups is 1. The zero-order valence-corrected chi connectivity index (χ0v) is 15.2. The Balaban J connectivity index is 1.51. The number of carbonyl (C=O) groups excluding carboxylic acids is 2. The molecule has 1 saturated heterocycles. The lowest BCUT2D eigenvalue weighted by atomic mass is 10.1. The van der Waals surface area contributed by atoms with E-state index in [9.17, 15) is 14.0 Å². The fourth-order valence-electron chi connectivity index (χ4n) is 3.11. The number of nitrogens with one attached hydrogen (secondary N) is 2. The van der Waals surface area contributed by atoms with Crippen molar-refractivity contribution >= 4 is 17.6 Å². The van der Waals surface area contributed by atoms with E-state index in [0.717, 1.165) is 31.5 Å². The molecule has 0 saturated carbocycles. The van der Waals surface area contributed by atoms with Crippen molar-refractivity contribution < 1.29 is 14.0 Å². The lowest BCUT2D eigenvalue weighted by Crippen LogP contribution is -2.31. The van der Waals surface area contributed by atoms with E-state index in [-0.39, 0.29) is 17.8 Å². The van der Waals surface area contributed by atoms with Crippen molar-refractivity contribution in [3.05, 3.63) is 65.5 Å². The Bertz CT molecular complexity index is 767. The molecule has 3 amide bonds. The number of hydrogen-bond acceptors (Lipinski definition) is 2. The van der Waals surface area contributed by atoms with E-state index in [1.807, 2.05) is 4.90 Å². The zero-order chi connectivity index (χ0) is 19.1. The van der Waals surface area contributed by atoms with Crippen LogP contribution in [0.2, 0.25) is 0 Å². The summed E-state index contributed by atoms with van der Waals surface area (Å²) in [5.41, 5.74) is 2.05. The minimum atomic E-state index is -0.356. The normalized spacial score (nSPS) is 14.3. The van der Waals surface area contributed by atoms with Crippen LogP contribution >= 0.6 is 0 Å². The van der Waals surface area contributed by atoms with Crippen molar-refractivity contribution in [3.8, 4) is 0 Å². The SMILES string of the molecule is O=C(NCc1ccc(F)cc1)Nc1ccc(C(=O)N2CCCCCC2)cc1. The van der Waals surface area contributed by atoms with Gasteiger partial charge in [-0.3, -0.25) is 4.79 Å². The van der Waals surface area contributed by atoms with Crippen LogP contribution in [0.5, 0.6) is 0 Å². The molecule has 142 valence electrons. The molecule has 1 aliphatic heterocycles. The summed E-state index contributed by atoms with van der Waals surface area (Å²) < 4.78 is 12.9. The van der Waals surface area contributed by atoms with Crippen molar-refractivity contribution in [2.75, 3.05) is 18.4 Å². The van der Waals surface area contributed by atoms with Crippen LogP contribution in [0.25, 0.3) is 0 Å². The Hall–Kier alpha value is -2.89. The molecule has 1 fully saturated rings. The molecule has 0 bridgehead atoms. The third-order valence-electron chi connectivity index (χ3n) is 4.65. The molecule has 2 N–H and O–H groups in total. The quantitative estimate of drug-likeness (QED) is 0.850. The molecule has 2 aromatic rings. The lowest BCUT2D eigenvalue weighted by molar-refractivity contribution is 0.0761. The molecular weight excluding hydrogens is 345 g/mol. The van der Waals surface area contributed by atoms with Crippen molar-refractivity contribution in [2.45, 2.75) is 32.2 Å². The predicted octanol–water partition coefficient (Wildman–Crippen LogP) is 4.16. The third kappa shape index (κ3) is 5.54. The molecule has 1 aliphatic rings. The second-order valence-electron chi connectivity index (χ2n) is 6.72. The van der Waals surface area contributed by atoms with Crippen molar-refractivity contribution in [3.63, 3.8) is 0 Å². The molecule has 3 rings (SSSR count). The summed E-state index contributed by atoms with van der Waals surface area (Å²) in [4.78, 5) is 26.5. The molecular formula is C21H24FN3O2. The van der Waals surface area contributed by atoms with Crippen LogP contribution in [0.4, 0.5) is 14.9 Å². The lowest BCUT2D eigenvalue weighted by Gasteiger charge is -2.20. The van der Waals surface area contributed by atoms with Crippen LogP contribution < -0.4 is 10.6 Å². The minimum absolute atomic E-state index is 0.0456. The molecule has 0 spiro atoms. The molecule has 0 aliphatic carbocycles. The number of carbonyl (C=O) groups is 2. The monoisotopic (exact) mass is 369 g/mol. The maximum absolute atomic E-state index is 12.9. The topological polar surface area (TPSA) is 61.4 Å². The van der Waals surface area contributed by atoms with Crippen LogP contribution in [0.1, 0.15) is 41.6 Å². The van der Waals surface area contributed by atoms with E-state index in [4.69, 9.17) is 0 Å². The Labute approximate surface area is 158 Å². The Morgan fingerprint density at radius 1 is 0.889 bits per heavy atom. The summed E-state index contributed by atoms with van der Waals surface area (Å²) in [5.74, 6) is -0.262. The first-order valence-electron chi connectivity index (χ1n) is 9.30. The standard InChI is InChI=1S/C21H24FN3O2/c22-18-9-5-16(6-10-18)15-23-21(27)24-19-11-7-17(8-12-19)20(26)25-13-3-1-2-4-14-25/h5-12H,1-4,13-15H2,(H2,23,24,27). The fraction of sp³-hybridized carbons (Fsp3) is 0.333. The third-order valence-corrected chi connectivity index (χ3v) is 4.65. The first kappa shape index (κ1) is 18.9. The average Bonchev–Trinajstić information content (AvgIpc) is 2.97. The zero-order valence-electron chi connectivity index (χ0n) is 15.2. The van der Waals surface area contributed by atoms with E-state index < -0.39 is 0 Å². The molecule has 5 nitrogen and oxygen atoms in total. The van der Waals surface area contributed by atoms with Gasteiger partial charge in [0.2, 0.25) is 0 Å². The highest BCUT2D eigenvalue weighted by atomic mass is 19.1. The number of likely N-dealkylation sites (tertiary alicyclic amines) is 1. The molecule has 27 heavy (non-hydrogen) atoms. The Morgan fingerprint density at radius 2 is 1.52 bits per heavy atom. The van der Waals surface area contributed by atoms with Gasteiger partial charge in [-0.15, -0.1) is 0 Å². The Morgan fingerprint density at radius 3 is 2.15 bits per heavy atom. The highest BCUT2D eigenvalue weighted by Gasteiger charge is 2.17. The van der Waals surface area contributed by atoms with Crippen molar-refractivity contribution in [1.82, 2.24) is 10.2 Å². The predicted molar refractivity (Wildman–Crippen MR) is 103 cm³/mol. The molecule has 0 radical (unpaired) electrons.